The summed E-state index contributed by atoms with van der Waals surface area (Å²) < 4.78 is 0. The van der Waals surface area contributed by atoms with Gasteiger partial charge in [0, 0.05) is 24.5 Å². The van der Waals surface area contributed by atoms with Crippen LogP contribution in [0, 0.1) is 11.3 Å². The van der Waals surface area contributed by atoms with Crippen LogP contribution in [0.15, 0.2) is 30.3 Å². The quantitative estimate of drug-likeness (QED) is 0.888. The highest BCUT2D eigenvalue weighted by molar-refractivity contribution is 5.86. The molecule has 1 atom stereocenters. The summed E-state index contributed by atoms with van der Waals surface area (Å²) in [6.07, 6.45) is 2.24. The van der Waals surface area contributed by atoms with Crippen LogP contribution >= 0.6 is 0 Å². The van der Waals surface area contributed by atoms with Gasteiger partial charge in [-0.3, -0.25) is 0 Å². The fourth-order valence-corrected chi connectivity index (χ4v) is 2.78. The van der Waals surface area contributed by atoms with Crippen molar-refractivity contribution in [2.45, 2.75) is 18.9 Å². The molecule has 96 valence electrons. The second kappa shape index (κ2) is 4.87. The molecule has 4 heteroatoms. The summed E-state index contributed by atoms with van der Waals surface area (Å²) in [6, 6.07) is 12.3. The number of pyridine rings is 1. The van der Waals surface area contributed by atoms with E-state index in [9.17, 15) is 5.26 Å². The summed E-state index contributed by atoms with van der Waals surface area (Å²) >= 11 is 0. The largest absolute Gasteiger partial charge is 0.352 e. The van der Waals surface area contributed by atoms with Crippen molar-refractivity contribution in [2.24, 2.45) is 5.73 Å². The van der Waals surface area contributed by atoms with E-state index in [1.165, 1.54) is 0 Å². The van der Waals surface area contributed by atoms with E-state index >= 15 is 0 Å². The second-order valence-corrected chi connectivity index (χ2v) is 4.88. The molecule has 1 aliphatic rings. The van der Waals surface area contributed by atoms with Gasteiger partial charge in [-0.25, -0.2) is 4.98 Å². The first kappa shape index (κ1) is 11.9. The van der Waals surface area contributed by atoms with E-state index in [4.69, 9.17) is 5.73 Å². The molecule has 0 saturated carbocycles. The molecule has 0 amide bonds. The molecule has 2 aromatic rings. The van der Waals surface area contributed by atoms with Crippen molar-refractivity contribution in [2.75, 3.05) is 18.0 Å². The third-order valence-corrected chi connectivity index (χ3v) is 3.77. The smallest absolute Gasteiger partial charge is 0.130 e. The fourth-order valence-electron chi connectivity index (χ4n) is 2.78. The zero-order chi connectivity index (χ0) is 13.2. The van der Waals surface area contributed by atoms with Crippen LogP contribution in [0.4, 0.5) is 5.82 Å². The van der Waals surface area contributed by atoms with Gasteiger partial charge in [-0.15, -0.1) is 0 Å². The maximum Gasteiger partial charge on any atom is 0.130 e. The molecule has 3 rings (SSSR count). The lowest BCUT2D eigenvalue weighted by atomic mass is 10.1. The minimum Gasteiger partial charge on any atom is -0.352 e. The number of nitrogens with two attached hydrogens (primary N) is 1. The first-order valence-corrected chi connectivity index (χ1v) is 6.60. The topological polar surface area (TPSA) is 65.9 Å². The summed E-state index contributed by atoms with van der Waals surface area (Å²) in [6.45, 7) is 1.61. The Hall–Kier alpha value is -2.12. The van der Waals surface area contributed by atoms with E-state index in [1.54, 1.807) is 0 Å². The highest BCUT2D eigenvalue weighted by atomic mass is 15.2. The average molecular weight is 252 g/mol. The number of nitrogens with zero attached hydrogens (tertiary/aromatic N) is 3. The Kier molecular flexibility index (Phi) is 3.06. The van der Waals surface area contributed by atoms with Gasteiger partial charge in [0.25, 0.3) is 0 Å². The molecule has 1 unspecified atom stereocenters. The number of anilines is 1. The number of fused-ring (bicyclic) bond motifs is 1. The predicted octanol–water partition coefficient (Wildman–Crippen LogP) is 2.03. The van der Waals surface area contributed by atoms with Gasteiger partial charge in [-0.2, -0.15) is 5.26 Å². The van der Waals surface area contributed by atoms with Gasteiger partial charge in [0.15, 0.2) is 0 Å². The monoisotopic (exact) mass is 252 g/mol. The Morgan fingerprint density at radius 2 is 2.26 bits per heavy atom. The predicted molar refractivity (Wildman–Crippen MR) is 75.9 cm³/mol. The maximum atomic E-state index is 9.30. The molecule has 19 heavy (non-hydrogen) atoms. The van der Waals surface area contributed by atoms with Crippen LogP contribution in [0.2, 0.25) is 0 Å². The Balaban J connectivity index is 2.12. The summed E-state index contributed by atoms with van der Waals surface area (Å²) in [4.78, 5) is 6.91. The van der Waals surface area contributed by atoms with Crippen molar-refractivity contribution in [3.63, 3.8) is 0 Å². The van der Waals surface area contributed by atoms with E-state index in [-0.39, 0.29) is 0 Å². The lowest BCUT2D eigenvalue weighted by Gasteiger charge is -2.25. The second-order valence-electron chi connectivity index (χ2n) is 4.88. The van der Waals surface area contributed by atoms with Crippen molar-refractivity contribution >= 4 is 16.7 Å². The highest BCUT2D eigenvalue weighted by Gasteiger charge is 2.25. The van der Waals surface area contributed by atoms with Gasteiger partial charge < -0.3 is 10.6 Å². The first-order valence-electron chi connectivity index (χ1n) is 6.60. The zero-order valence-corrected chi connectivity index (χ0v) is 10.7. The Bertz CT molecular complexity index is 644. The van der Waals surface area contributed by atoms with E-state index in [0.717, 1.165) is 36.1 Å². The minimum atomic E-state index is 0.347. The van der Waals surface area contributed by atoms with Gasteiger partial charge >= 0.3 is 0 Å². The standard InChI is InChI=1S/C15H16N4/c16-9-11-8-15(19-7-3-4-12(19)10-17)18-14-6-2-1-5-13(11)14/h1-2,5-6,8,12H,3-4,7,10,17H2. The molecule has 1 saturated heterocycles. The van der Waals surface area contributed by atoms with E-state index < -0.39 is 0 Å². The summed E-state index contributed by atoms with van der Waals surface area (Å²) in [5, 5.41) is 10.2. The van der Waals surface area contributed by atoms with Crippen molar-refractivity contribution in [1.29, 1.82) is 5.26 Å². The molecular formula is C15H16N4. The molecule has 0 aliphatic carbocycles. The molecule has 0 spiro atoms. The molecule has 0 radical (unpaired) electrons. The Labute approximate surface area is 112 Å². The summed E-state index contributed by atoms with van der Waals surface area (Å²) in [5.74, 6) is 0.878. The summed E-state index contributed by atoms with van der Waals surface area (Å²) in [7, 11) is 0. The van der Waals surface area contributed by atoms with E-state index in [2.05, 4.69) is 16.0 Å². The van der Waals surface area contributed by atoms with Gasteiger partial charge in [0.05, 0.1) is 17.1 Å². The maximum absolute atomic E-state index is 9.30. The van der Waals surface area contributed by atoms with Crippen LogP contribution in [0.1, 0.15) is 18.4 Å². The molecule has 1 fully saturated rings. The average Bonchev–Trinajstić information content (AvgIpc) is 2.94. The minimum absolute atomic E-state index is 0.347. The van der Waals surface area contributed by atoms with Crippen LogP contribution in [-0.4, -0.2) is 24.1 Å². The molecule has 1 aliphatic heterocycles. The normalized spacial score (nSPS) is 18.7. The molecular weight excluding hydrogens is 236 g/mol. The number of hydrogen-bond donors (Lipinski definition) is 1. The number of benzene rings is 1. The SMILES string of the molecule is N#Cc1cc(N2CCCC2CN)nc2ccccc12. The molecule has 0 bridgehead atoms. The van der Waals surface area contributed by atoms with Crippen LogP contribution in [0.3, 0.4) is 0 Å². The van der Waals surface area contributed by atoms with Gasteiger partial charge in [-0.05, 0) is 25.0 Å². The Morgan fingerprint density at radius 1 is 1.42 bits per heavy atom. The molecule has 1 aromatic heterocycles. The third-order valence-electron chi connectivity index (χ3n) is 3.77. The first-order chi connectivity index (χ1) is 9.33. The number of aromatic nitrogens is 1. The van der Waals surface area contributed by atoms with Crippen LogP contribution in [0.5, 0.6) is 0 Å². The van der Waals surface area contributed by atoms with Crippen molar-refractivity contribution in [3.05, 3.63) is 35.9 Å². The molecule has 2 heterocycles. The van der Waals surface area contributed by atoms with Crippen LogP contribution < -0.4 is 10.6 Å². The number of rotatable bonds is 2. The lowest BCUT2D eigenvalue weighted by Crippen LogP contribution is -2.35. The van der Waals surface area contributed by atoms with Gasteiger partial charge in [-0.1, -0.05) is 18.2 Å². The Morgan fingerprint density at radius 3 is 3.05 bits per heavy atom. The van der Waals surface area contributed by atoms with Crippen LogP contribution in [0.25, 0.3) is 10.9 Å². The van der Waals surface area contributed by atoms with Crippen LogP contribution in [-0.2, 0) is 0 Å². The zero-order valence-electron chi connectivity index (χ0n) is 10.7. The molecule has 2 N–H and O–H groups in total. The number of hydrogen-bond acceptors (Lipinski definition) is 4. The fraction of sp³-hybridized carbons (Fsp3) is 0.333. The lowest BCUT2D eigenvalue weighted by molar-refractivity contribution is 0.672. The van der Waals surface area contributed by atoms with Gasteiger partial charge in [0.2, 0.25) is 0 Å². The van der Waals surface area contributed by atoms with Crippen molar-refractivity contribution in [3.8, 4) is 6.07 Å². The van der Waals surface area contributed by atoms with E-state index in [1.807, 2.05) is 30.3 Å². The molecule has 1 aromatic carbocycles. The van der Waals surface area contributed by atoms with Crippen molar-refractivity contribution < 1.29 is 0 Å². The highest BCUT2D eigenvalue weighted by Crippen LogP contribution is 2.27. The number of nitriles is 1. The molecule has 4 nitrogen and oxygen atoms in total. The summed E-state index contributed by atoms with van der Waals surface area (Å²) in [5.41, 5.74) is 7.37. The number of para-hydroxylation sites is 1. The van der Waals surface area contributed by atoms with Gasteiger partial charge in [0.1, 0.15) is 5.82 Å². The van der Waals surface area contributed by atoms with Crippen molar-refractivity contribution in [1.82, 2.24) is 4.98 Å². The van der Waals surface area contributed by atoms with E-state index in [0.29, 0.717) is 18.2 Å². The third kappa shape index (κ3) is 2.02.